The van der Waals surface area contributed by atoms with Crippen molar-refractivity contribution in [1.29, 1.82) is 0 Å². The molecule has 1 aliphatic rings. The topological polar surface area (TPSA) is 77.1 Å². The Morgan fingerprint density at radius 1 is 1.03 bits per heavy atom. The zero-order chi connectivity index (χ0) is 22.0. The molecule has 0 radical (unpaired) electrons. The van der Waals surface area contributed by atoms with Gasteiger partial charge >= 0.3 is 5.97 Å². The van der Waals surface area contributed by atoms with Gasteiger partial charge in [-0.25, -0.2) is 0 Å². The minimum atomic E-state index is -0.214. The molecule has 1 aliphatic heterocycles. The van der Waals surface area contributed by atoms with Gasteiger partial charge in [-0.2, -0.15) is 0 Å². The van der Waals surface area contributed by atoms with E-state index in [1.165, 1.54) is 6.42 Å². The van der Waals surface area contributed by atoms with Crippen molar-refractivity contribution >= 4 is 11.8 Å². The van der Waals surface area contributed by atoms with E-state index in [2.05, 4.69) is 17.1 Å². The van der Waals surface area contributed by atoms with Crippen molar-refractivity contribution in [2.45, 2.75) is 90.2 Å². The average Bonchev–Trinajstić information content (AvgIpc) is 3.13. The van der Waals surface area contributed by atoms with Gasteiger partial charge in [0.1, 0.15) is 18.6 Å². The van der Waals surface area contributed by atoms with Crippen LogP contribution in [-0.2, 0) is 23.8 Å². The molecule has 1 heterocycles. The summed E-state index contributed by atoms with van der Waals surface area (Å²) in [6, 6.07) is -0.214. The quantitative estimate of drug-likeness (QED) is 0.192. The number of ketones is 1. The molecule has 176 valence electrons. The summed E-state index contributed by atoms with van der Waals surface area (Å²) >= 11 is 0. The maximum Gasteiger partial charge on any atom is 0.323 e. The molecular formula is C23H44N2O5. The molecule has 1 N–H and O–H groups in total. The van der Waals surface area contributed by atoms with E-state index in [1.807, 2.05) is 7.05 Å². The Morgan fingerprint density at radius 3 is 2.57 bits per heavy atom. The first-order chi connectivity index (χ1) is 14.6. The summed E-state index contributed by atoms with van der Waals surface area (Å²) in [7, 11) is 1.93. The largest absolute Gasteiger partial charge is 0.465 e. The van der Waals surface area contributed by atoms with E-state index in [-0.39, 0.29) is 30.7 Å². The van der Waals surface area contributed by atoms with Crippen LogP contribution in [0.4, 0.5) is 0 Å². The number of hydrogen-bond donors (Lipinski definition) is 1. The van der Waals surface area contributed by atoms with Crippen LogP contribution in [0.5, 0.6) is 0 Å². The molecule has 0 aromatic rings. The lowest BCUT2D eigenvalue weighted by molar-refractivity contribution is -0.149. The number of carbonyl (C=O) groups is 2. The maximum atomic E-state index is 12.7. The van der Waals surface area contributed by atoms with Gasteiger partial charge in [0, 0.05) is 19.4 Å². The van der Waals surface area contributed by atoms with Gasteiger partial charge < -0.3 is 24.3 Å². The molecule has 0 aliphatic carbocycles. The Bertz CT molecular complexity index is 461. The fourth-order valence-electron chi connectivity index (χ4n) is 3.69. The van der Waals surface area contributed by atoms with Crippen molar-refractivity contribution in [2.24, 2.45) is 0 Å². The van der Waals surface area contributed by atoms with Crippen LogP contribution in [-0.4, -0.2) is 75.5 Å². The number of Topliss-reactive ketones (excluding diaryl/α,β-unsaturated/α-hetero) is 1. The number of nitrogens with zero attached hydrogens (tertiary/aromatic N) is 1. The zero-order valence-corrected chi connectivity index (χ0v) is 19.5. The number of hydrogen-bond acceptors (Lipinski definition) is 7. The van der Waals surface area contributed by atoms with Crippen LogP contribution in [0.2, 0.25) is 0 Å². The summed E-state index contributed by atoms with van der Waals surface area (Å²) in [5.74, 6) is 0.113. The molecule has 1 fully saturated rings. The fraction of sp³-hybridized carbons (Fsp3) is 0.913. The number of unbranched alkanes of at least 4 members (excludes halogenated alkanes) is 5. The second-order valence-corrected chi connectivity index (χ2v) is 8.26. The highest BCUT2D eigenvalue weighted by Gasteiger charge is 2.38. The van der Waals surface area contributed by atoms with Crippen LogP contribution in [0.15, 0.2) is 0 Å². The second-order valence-electron chi connectivity index (χ2n) is 8.26. The smallest absolute Gasteiger partial charge is 0.323 e. The average molecular weight is 429 g/mol. The van der Waals surface area contributed by atoms with E-state index >= 15 is 0 Å². The molecule has 30 heavy (non-hydrogen) atoms. The first kappa shape index (κ1) is 27.0. The maximum absolute atomic E-state index is 12.7. The monoisotopic (exact) mass is 428 g/mol. The lowest BCUT2D eigenvalue weighted by atomic mass is 10.1. The molecule has 1 unspecified atom stereocenters. The van der Waals surface area contributed by atoms with E-state index in [0.717, 1.165) is 64.6 Å². The van der Waals surface area contributed by atoms with Gasteiger partial charge in [0.15, 0.2) is 0 Å². The van der Waals surface area contributed by atoms with Gasteiger partial charge in [0.05, 0.1) is 19.3 Å². The van der Waals surface area contributed by atoms with Crippen LogP contribution in [0.3, 0.4) is 0 Å². The number of ether oxygens (including phenoxy) is 3. The number of nitrogens with one attached hydrogen (secondary N) is 1. The Balaban J connectivity index is 2.31. The van der Waals surface area contributed by atoms with Crippen molar-refractivity contribution in [3.8, 4) is 0 Å². The van der Waals surface area contributed by atoms with E-state index in [0.29, 0.717) is 26.1 Å². The standard InChI is InChI=1S/C23H44N2O5/c1-4-5-9-14-25-18-21(30-19-28-15-11-13-24-3)17-22(25)23(27)29-16-10-7-6-8-12-20(2)26/h21-22,24H,4-19H2,1-3H3/t21?,22-/m0/s1. The normalized spacial score (nSPS) is 19.3. The highest BCUT2D eigenvalue weighted by molar-refractivity contribution is 5.76. The molecule has 0 aromatic carbocycles. The highest BCUT2D eigenvalue weighted by atomic mass is 16.7. The second kappa shape index (κ2) is 17.6. The first-order valence-corrected chi connectivity index (χ1v) is 11.8. The minimum absolute atomic E-state index is 0.0139. The van der Waals surface area contributed by atoms with Gasteiger partial charge in [-0.3, -0.25) is 9.69 Å². The SMILES string of the molecule is CCCCCN1CC(OCOCCCNC)C[C@H]1C(=O)OCCCCCCC(C)=O. The summed E-state index contributed by atoms with van der Waals surface area (Å²) in [6.07, 6.45) is 9.47. The summed E-state index contributed by atoms with van der Waals surface area (Å²) in [5.41, 5.74) is 0. The van der Waals surface area contributed by atoms with Crippen LogP contribution in [0.1, 0.15) is 78.1 Å². The molecule has 2 atom stereocenters. The third-order valence-corrected chi connectivity index (χ3v) is 5.46. The molecule has 0 spiro atoms. The van der Waals surface area contributed by atoms with E-state index in [9.17, 15) is 9.59 Å². The summed E-state index contributed by atoms with van der Waals surface area (Å²) in [6.45, 7) is 7.81. The predicted octanol–water partition coefficient (Wildman–Crippen LogP) is 3.30. The molecule has 0 bridgehead atoms. The van der Waals surface area contributed by atoms with Crippen molar-refractivity contribution in [3.05, 3.63) is 0 Å². The van der Waals surface area contributed by atoms with E-state index in [1.54, 1.807) is 6.92 Å². The van der Waals surface area contributed by atoms with Crippen molar-refractivity contribution in [2.75, 3.05) is 46.7 Å². The minimum Gasteiger partial charge on any atom is -0.465 e. The van der Waals surface area contributed by atoms with Crippen LogP contribution >= 0.6 is 0 Å². The van der Waals surface area contributed by atoms with E-state index in [4.69, 9.17) is 14.2 Å². The highest BCUT2D eigenvalue weighted by Crippen LogP contribution is 2.22. The van der Waals surface area contributed by atoms with Crippen LogP contribution in [0.25, 0.3) is 0 Å². The van der Waals surface area contributed by atoms with Crippen LogP contribution < -0.4 is 5.32 Å². The lowest BCUT2D eigenvalue weighted by Gasteiger charge is -2.22. The van der Waals surface area contributed by atoms with Crippen LogP contribution in [0, 0.1) is 0 Å². The van der Waals surface area contributed by atoms with Crippen molar-refractivity contribution < 1.29 is 23.8 Å². The van der Waals surface area contributed by atoms with Gasteiger partial charge in [-0.05, 0) is 52.7 Å². The lowest BCUT2D eigenvalue weighted by Crippen LogP contribution is -2.38. The van der Waals surface area contributed by atoms with Gasteiger partial charge in [-0.1, -0.05) is 32.6 Å². The van der Waals surface area contributed by atoms with Crippen molar-refractivity contribution in [3.63, 3.8) is 0 Å². The van der Waals surface area contributed by atoms with E-state index < -0.39 is 0 Å². The fourth-order valence-corrected chi connectivity index (χ4v) is 3.69. The molecule has 1 rings (SSSR count). The zero-order valence-electron chi connectivity index (χ0n) is 19.5. The first-order valence-electron chi connectivity index (χ1n) is 11.8. The molecule has 1 saturated heterocycles. The molecule has 7 heteroatoms. The number of carbonyl (C=O) groups excluding carboxylic acids is 2. The molecule has 7 nitrogen and oxygen atoms in total. The number of rotatable bonds is 19. The van der Waals surface area contributed by atoms with Gasteiger partial charge in [0.25, 0.3) is 0 Å². The summed E-state index contributed by atoms with van der Waals surface area (Å²) in [5, 5.41) is 3.09. The number of esters is 1. The van der Waals surface area contributed by atoms with Gasteiger partial charge in [0.2, 0.25) is 0 Å². The predicted molar refractivity (Wildman–Crippen MR) is 118 cm³/mol. The van der Waals surface area contributed by atoms with Crippen molar-refractivity contribution in [1.82, 2.24) is 10.2 Å². The molecule has 0 amide bonds. The Hall–Kier alpha value is -1.02. The Labute approximate surface area is 183 Å². The molecule has 0 saturated carbocycles. The summed E-state index contributed by atoms with van der Waals surface area (Å²) in [4.78, 5) is 25.8. The third kappa shape index (κ3) is 12.6. The molecule has 0 aromatic heterocycles. The number of likely N-dealkylation sites (tertiary alicyclic amines) is 1. The molecular weight excluding hydrogens is 384 g/mol. The summed E-state index contributed by atoms with van der Waals surface area (Å²) < 4.78 is 17.0. The van der Waals surface area contributed by atoms with Gasteiger partial charge in [-0.15, -0.1) is 0 Å². The Morgan fingerprint density at radius 2 is 1.83 bits per heavy atom. The third-order valence-electron chi connectivity index (χ3n) is 5.46. The Kier molecular flexibility index (Phi) is 15.9.